The van der Waals surface area contributed by atoms with E-state index in [0.717, 1.165) is 6.42 Å². The number of hydrogen-bond acceptors (Lipinski definition) is 4. The molecular weight excluding hydrogens is 236 g/mol. The highest BCUT2D eigenvalue weighted by Gasteiger charge is 2.29. The molecule has 0 radical (unpaired) electrons. The van der Waals surface area contributed by atoms with Crippen molar-refractivity contribution in [2.75, 3.05) is 0 Å². The van der Waals surface area contributed by atoms with E-state index in [1.807, 2.05) is 0 Å². The molecule has 0 saturated carbocycles. The van der Waals surface area contributed by atoms with Gasteiger partial charge in [0.15, 0.2) is 17.3 Å². The van der Waals surface area contributed by atoms with E-state index in [-0.39, 0.29) is 5.69 Å². The monoisotopic (exact) mass is 248 g/mol. The summed E-state index contributed by atoms with van der Waals surface area (Å²) in [7, 11) is 0. The summed E-state index contributed by atoms with van der Waals surface area (Å²) in [6.45, 7) is 0. The Balaban J connectivity index is 2.23. The first kappa shape index (κ1) is 11.0. The molecule has 2 aromatic rings. The largest absolute Gasteiger partial charge is 0.476 e. The minimum absolute atomic E-state index is 0.000139. The van der Waals surface area contributed by atoms with Crippen LogP contribution in [0.5, 0.6) is 0 Å². The second kappa shape index (κ2) is 3.99. The summed E-state index contributed by atoms with van der Waals surface area (Å²) in [6, 6.07) is 3.40. The van der Waals surface area contributed by atoms with E-state index in [2.05, 4.69) is 4.98 Å². The van der Waals surface area contributed by atoms with Crippen LogP contribution in [-0.4, -0.2) is 25.7 Å². The standard InChI is InChI=1S/C12H12N2O4/c15-9-5-1-3-7-10(12(16)17)13-11(14(7)9)8-4-2-6-18-8/h2,4,6,9,15H,1,3,5H2,(H,16,17). The van der Waals surface area contributed by atoms with Crippen molar-refractivity contribution in [1.29, 1.82) is 0 Å². The average molecular weight is 248 g/mol. The van der Waals surface area contributed by atoms with Crippen molar-refractivity contribution in [3.8, 4) is 11.6 Å². The minimum atomic E-state index is -1.08. The molecule has 0 bridgehead atoms. The first-order valence-electron chi connectivity index (χ1n) is 5.75. The zero-order valence-corrected chi connectivity index (χ0v) is 9.54. The van der Waals surface area contributed by atoms with Gasteiger partial charge in [0.05, 0.1) is 12.0 Å². The van der Waals surface area contributed by atoms with Crippen molar-refractivity contribution in [2.24, 2.45) is 0 Å². The van der Waals surface area contributed by atoms with Crippen LogP contribution in [0.1, 0.15) is 35.3 Å². The lowest BCUT2D eigenvalue weighted by Crippen LogP contribution is -2.19. The molecule has 0 saturated heterocycles. The Hall–Kier alpha value is -2.08. The number of aromatic carboxylic acids is 1. The number of hydrogen-bond donors (Lipinski definition) is 2. The number of nitrogens with zero attached hydrogens (tertiary/aromatic N) is 2. The normalized spacial score (nSPS) is 18.6. The molecular formula is C12H12N2O4. The zero-order valence-electron chi connectivity index (χ0n) is 9.54. The van der Waals surface area contributed by atoms with Gasteiger partial charge in [0.2, 0.25) is 0 Å². The first-order chi connectivity index (χ1) is 8.68. The third-order valence-corrected chi connectivity index (χ3v) is 3.13. The maximum absolute atomic E-state index is 11.2. The smallest absolute Gasteiger partial charge is 0.356 e. The Morgan fingerprint density at radius 2 is 2.39 bits per heavy atom. The van der Waals surface area contributed by atoms with Crippen LogP contribution in [-0.2, 0) is 6.42 Å². The molecule has 3 heterocycles. The topological polar surface area (TPSA) is 88.5 Å². The van der Waals surface area contributed by atoms with Gasteiger partial charge < -0.3 is 14.6 Å². The van der Waals surface area contributed by atoms with Gasteiger partial charge in [-0.25, -0.2) is 9.78 Å². The quantitative estimate of drug-likeness (QED) is 0.843. The van der Waals surface area contributed by atoms with E-state index < -0.39 is 12.2 Å². The molecule has 0 aromatic carbocycles. The Bertz CT molecular complexity index is 585. The van der Waals surface area contributed by atoms with Gasteiger partial charge in [0.25, 0.3) is 0 Å². The van der Waals surface area contributed by atoms with E-state index >= 15 is 0 Å². The van der Waals surface area contributed by atoms with Crippen molar-refractivity contribution in [2.45, 2.75) is 25.5 Å². The summed E-state index contributed by atoms with van der Waals surface area (Å²) in [5, 5.41) is 19.2. The van der Waals surface area contributed by atoms with Crippen LogP contribution in [0.3, 0.4) is 0 Å². The van der Waals surface area contributed by atoms with Crippen LogP contribution < -0.4 is 0 Å². The number of carboxylic acid groups (broad SMARTS) is 1. The van der Waals surface area contributed by atoms with E-state index in [1.54, 1.807) is 16.7 Å². The van der Waals surface area contributed by atoms with Gasteiger partial charge >= 0.3 is 5.97 Å². The third kappa shape index (κ3) is 1.53. The van der Waals surface area contributed by atoms with Crippen LogP contribution in [0.15, 0.2) is 22.8 Å². The molecule has 1 atom stereocenters. The molecule has 6 nitrogen and oxygen atoms in total. The number of fused-ring (bicyclic) bond motifs is 1. The maximum atomic E-state index is 11.2. The van der Waals surface area contributed by atoms with Crippen LogP contribution in [0, 0.1) is 0 Å². The molecule has 6 heteroatoms. The van der Waals surface area contributed by atoms with E-state index in [9.17, 15) is 9.90 Å². The number of carbonyl (C=O) groups is 1. The Kier molecular flexibility index (Phi) is 2.45. The Morgan fingerprint density at radius 3 is 3.06 bits per heavy atom. The molecule has 3 rings (SSSR count). The summed E-state index contributed by atoms with van der Waals surface area (Å²) in [6.07, 6.45) is 2.70. The summed E-state index contributed by atoms with van der Waals surface area (Å²) >= 11 is 0. The van der Waals surface area contributed by atoms with Crippen LogP contribution in [0.2, 0.25) is 0 Å². The molecule has 2 N–H and O–H groups in total. The highest BCUT2D eigenvalue weighted by molar-refractivity contribution is 5.87. The SMILES string of the molecule is O=C(O)c1nc(-c2ccco2)n2c1CCCC2O. The lowest BCUT2D eigenvalue weighted by Gasteiger charge is -2.22. The summed E-state index contributed by atoms with van der Waals surface area (Å²) < 4.78 is 6.80. The van der Waals surface area contributed by atoms with Crippen molar-refractivity contribution < 1.29 is 19.4 Å². The number of rotatable bonds is 2. The van der Waals surface area contributed by atoms with Gasteiger partial charge in [-0.2, -0.15) is 0 Å². The fourth-order valence-electron chi connectivity index (χ4n) is 2.36. The van der Waals surface area contributed by atoms with Gasteiger partial charge in [-0.05, 0) is 31.4 Å². The Labute approximate surface area is 102 Å². The Morgan fingerprint density at radius 1 is 1.56 bits per heavy atom. The predicted molar refractivity (Wildman–Crippen MR) is 61.1 cm³/mol. The molecule has 18 heavy (non-hydrogen) atoms. The van der Waals surface area contributed by atoms with Crippen LogP contribution in [0.4, 0.5) is 0 Å². The lowest BCUT2D eigenvalue weighted by molar-refractivity contribution is 0.0678. The second-order valence-electron chi connectivity index (χ2n) is 4.26. The van der Waals surface area contributed by atoms with Crippen molar-refractivity contribution in [3.63, 3.8) is 0 Å². The molecule has 94 valence electrons. The van der Waals surface area contributed by atoms with Gasteiger partial charge in [-0.1, -0.05) is 0 Å². The number of aromatic nitrogens is 2. The zero-order chi connectivity index (χ0) is 12.7. The number of carboxylic acids is 1. The average Bonchev–Trinajstić information content (AvgIpc) is 2.95. The third-order valence-electron chi connectivity index (χ3n) is 3.13. The van der Waals surface area contributed by atoms with Crippen LogP contribution in [0.25, 0.3) is 11.6 Å². The summed E-state index contributed by atoms with van der Waals surface area (Å²) in [5.74, 6) is -0.241. The van der Waals surface area contributed by atoms with Gasteiger partial charge in [-0.15, -0.1) is 0 Å². The van der Waals surface area contributed by atoms with Crippen molar-refractivity contribution in [3.05, 3.63) is 29.8 Å². The molecule has 1 aliphatic rings. The minimum Gasteiger partial charge on any atom is -0.476 e. The maximum Gasteiger partial charge on any atom is 0.356 e. The highest BCUT2D eigenvalue weighted by atomic mass is 16.4. The first-order valence-corrected chi connectivity index (χ1v) is 5.75. The molecule has 1 aliphatic heterocycles. The number of furan rings is 1. The molecule has 0 amide bonds. The molecule has 0 aliphatic carbocycles. The van der Waals surface area contributed by atoms with Crippen LogP contribution >= 0.6 is 0 Å². The highest BCUT2D eigenvalue weighted by Crippen LogP contribution is 2.32. The van der Waals surface area contributed by atoms with E-state index in [4.69, 9.17) is 9.52 Å². The summed E-state index contributed by atoms with van der Waals surface area (Å²) in [5.41, 5.74) is 0.563. The molecule has 2 aromatic heterocycles. The number of aliphatic hydroxyl groups excluding tert-OH is 1. The molecule has 1 unspecified atom stereocenters. The lowest BCUT2D eigenvalue weighted by atomic mass is 10.1. The fraction of sp³-hybridized carbons (Fsp3) is 0.333. The van der Waals surface area contributed by atoms with Gasteiger partial charge in [-0.3, -0.25) is 4.57 Å². The van der Waals surface area contributed by atoms with E-state index in [0.29, 0.717) is 30.1 Å². The number of imidazole rings is 1. The molecule has 0 fully saturated rings. The number of aliphatic hydroxyl groups is 1. The van der Waals surface area contributed by atoms with Crippen molar-refractivity contribution in [1.82, 2.24) is 9.55 Å². The van der Waals surface area contributed by atoms with Gasteiger partial charge in [0, 0.05) is 0 Å². The molecule has 0 spiro atoms. The fourth-order valence-corrected chi connectivity index (χ4v) is 2.36. The van der Waals surface area contributed by atoms with Crippen molar-refractivity contribution >= 4 is 5.97 Å². The van der Waals surface area contributed by atoms with E-state index in [1.165, 1.54) is 6.26 Å². The van der Waals surface area contributed by atoms with Gasteiger partial charge in [0.1, 0.15) is 6.23 Å². The summed E-state index contributed by atoms with van der Waals surface area (Å²) in [4.78, 5) is 15.3. The predicted octanol–water partition coefficient (Wildman–Crippen LogP) is 1.67. The second-order valence-corrected chi connectivity index (χ2v) is 4.26.